The van der Waals surface area contributed by atoms with E-state index < -0.39 is 40.3 Å². The molecule has 0 bridgehead atoms. The lowest BCUT2D eigenvalue weighted by atomic mass is 10.1. The molecule has 172 valence electrons. The first-order chi connectivity index (χ1) is 15.6. The van der Waals surface area contributed by atoms with Crippen LogP contribution in [0.2, 0.25) is 0 Å². The van der Waals surface area contributed by atoms with Crippen molar-refractivity contribution in [1.82, 2.24) is 9.21 Å². The van der Waals surface area contributed by atoms with Gasteiger partial charge in [0, 0.05) is 26.3 Å². The third-order valence-electron chi connectivity index (χ3n) is 4.77. The van der Waals surface area contributed by atoms with Crippen LogP contribution in [0.3, 0.4) is 0 Å². The van der Waals surface area contributed by atoms with Crippen molar-refractivity contribution in [3.8, 4) is 0 Å². The summed E-state index contributed by atoms with van der Waals surface area (Å²) in [6.45, 7) is 2.95. The summed E-state index contributed by atoms with van der Waals surface area (Å²) in [6, 6.07) is 9.46. The molecule has 0 atom stereocenters. The summed E-state index contributed by atoms with van der Waals surface area (Å²) in [6.07, 6.45) is 1.42. The topological polar surface area (TPSA) is 130 Å². The van der Waals surface area contributed by atoms with Crippen LogP contribution in [0.5, 0.6) is 0 Å². The van der Waals surface area contributed by atoms with Gasteiger partial charge in [0.15, 0.2) is 6.61 Å². The number of amides is 3. The number of rotatable bonds is 8. The number of nitrogens with zero attached hydrogens (tertiary/aromatic N) is 2. The van der Waals surface area contributed by atoms with E-state index in [1.165, 1.54) is 62.6 Å². The molecule has 2 aromatic rings. The lowest BCUT2D eigenvalue weighted by molar-refractivity contribution is -0.119. The minimum Gasteiger partial charge on any atom is -0.452 e. The van der Waals surface area contributed by atoms with Crippen molar-refractivity contribution in [1.29, 1.82) is 0 Å². The maximum Gasteiger partial charge on any atom is 0.338 e. The first-order valence-electron chi connectivity index (χ1n) is 9.67. The fraction of sp³-hybridized carbons (Fsp3) is 0.182. The van der Waals surface area contributed by atoms with Crippen molar-refractivity contribution >= 4 is 39.4 Å². The van der Waals surface area contributed by atoms with Crippen molar-refractivity contribution < 1.29 is 32.3 Å². The van der Waals surface area contributed by atoms with Gasteiger partial charge in [-0.1, -0.05) is 6.08 Å². The maximum atomic E-state index is 12.4. The van der Waals surface area contributed by atoms with E-state index in [1.54, 1.807) is 0 Å². The van der Waals surface area contributed by atoms with Crippen LogP contribution in [0.4, 0.5) is 5.69 Å². The van der Waals surface area contributed by atoms with E-state index in [0.29, 0.717) is 5.69 Å². The highest BCUT2D eigenvalue weighted by Gasteiger charge is 2.35. The molecular weight excluding hydrogens is 450 g/mol. The van der Waals surface area contributed by atoms with Gasteiger partial charge in [-0.15, -0.1) is 6.58 Å². The molecule has 3 amide bonds. The van der Waals surface area contributed by atoms with Gasteiger partial charge in [0.2, 0.25) is 10.0 Å². The number of esters is 1. The highest BCUT2D eigenvalue weighted by Crippen LogP contribution is 2.24. The Morgan fingerprint density at radius 2 is 1.70 bits per heavy atom. The molecule has 0 saturated carbocycles. The van der Waals surface area contributed by atoms with E-state index in [4.69, 9.17) is 4.74 Å². The predicted molar refractivity (Wildman–Crippen MR) is 118 cm³/mol. The summed E-state index contributed by atoms with van der Waals surface area (Å²) in [5, 5.41) is 2.49. The van der Waals surface area contributed by atoms with Gasteiger partial charge in [-0.2, -0.15) is 0 Å². The Bertz CT molecular complexity index is 1250. The van der Waals surface area contributed by atoms with E-state index in [0.717, 1.165) is 9.21 Å². The van der Waals surface area contributed by atoms with Crippen molar-refractivity contribution in [2.75, 3.05) is 32.6 Å². The van der Waals surface area contributed by atoms with Crippen molar-refractivity contribution in [2.24, 2.45) is 0 Å². The van der Waals surface area contributed by atoms with E-state index in [-0.39, 0.29) is 28.1 Å². The molecule has 1 N–H and O–H groups in total. The van der Waals surface area contributed by atoms with Crippen molar-refractivity contribution in [3.63, 3.8) is 0 Å². The minimum absolute atomic E-state index is 0.0152. The summed E-state index contributed by atoms with van der Waals surface area (Å²) >= 11 is 0. The van der Waals surface area contributed by atoms with Crippen LogP contribution in [0.25, 0.3) is 0 Å². The fourth-order valence-corrected chi connectivity index (χ4v) is 3.95. The molecule has 1 aliphatic rings. The van der Waals surface area contributed by atoms with Crippen LogP contribution >= 0.6 is 0 Å². The average molecular weight is 471 g/mol. The molecule has 0 aliphatic carbocycles. The van der Waals surface area contributed by atoms with Gasteiger partial charge in [-0.05, 0) is 42.5 Å². The monoisotopic (exact) mass is 471 g/mol. The normalized spacial score (nSPS) is 13.1. The molecule has 1 aliphatic heterocycles. The second-order valence-electron chi connectivity index (χ2n) is 7.21. The third-order valence-corrected chi connectivity index (χ3v) is 6.60. The SMILES string of the molecule is C=CCN1C(=O)c2ccc(C(=O)OCC(=O)Nc3ccc(S(=O)(=O)N(C)C)cc3)cc2C1=O. The number of carbonyl (C=O) groups excluding carboxylic acids is 4. The van der Waals surface area contributed by atoms with Gasteiger partial charge < -0.3 is 10.1 Å². The number of hydrogen-bond acceptors (Lipinski definition) is 7. The first kappa shape index (κ1) is 23.8. The quantitative estimate of drug-likeness (QED) is 0.351. The molecule has 0 fully saturated rings. The molecule has 11 heteroatoms. The summed E-state index contributed by atoms with van der Waals surface area (Å²) in [5.41, 5.74) is 0.587. The summed E-state index contributed by atoms with van der Waals surface area (Å²) in [4.78, 5) is 50.1. The lowest BCUT2D eigenvalue weighted by Gasteiger charge is -2.12. The number of ether oxygens (including phenoxy) is 1. The Kier molecular flexibility index (Phi) is 6.75. The third kappa shape index (κ3) is 4.83. The maximum absolute atomic E-state index is 12.4. The molecule has 0 spiro atoms. The average Bonchev–Trinajstić information content (AvgIpc) is 3.02. The Morgan fingerprint density at radius 1 is 1.06 bits per heavy atom. The van der Waals surface area contributed by atoms with Crippen LogP contribution in [0.1, 0.15) is 31.1 Å². The number of fused-ring (bicyclic) bond motifs is 1. The minimum atomic E-state index is -3.59. The van der Waals surface area contributed by atoms with Gasteiger partial charge in [-0.25, -0.2) is 17.5 Å². The summed E-state index contributed by atoms with van der Waals surface area (Å²) in [5.74, 6) is -2.50. The largest absolute Gasteiger partial charge is 0.452 e. The lowest BCUT2D eigenvalue weighted by Crippen LogP contribution is -2.29. The van der Waals surface area contributed by atoms with Gasteiger partial charge in [0.05, 0.1) is 21.6 Å². The van der Waals surface area contributed by atoms with Gasteiger partial charge >= 0.3 is 5.97 Å². The molecule has 0 saturated heterocycles. The van der Waals surface area contributed by atoms with E-state index in [2.05, 4.69) is 11.9 Å². The molecule has 2 aromatic carbocycles. The molecule has 1 heterocycles. The number of carbonyl (C=O) groups is 4. The Balaban J connectivity index is 1.61. The zero-order chi connectivity index (χ0) is 24.3. The summed E-state index contributed by atoms with van der Waals surface area (Å²) in [7, 11) is -0.778. The van der Waals surface area contributed by atoms with Crippen molar-refractivity contribution in [2.45, 2.75) is 4.90 Å². The smallest absolute Gasteiger partial charge is 0.338 e. The standard InChI is InChI=1S/C22H21N3O7S/c1-4-11-25-20(27)17-10-5-14(12-18(17)21(25)28)22(29)32-13-19(26)23-15-6-8-16(9-7-15)33(30,31)24(2)3/h4-10,12H,1,11,13H2,2-3H3,(H,23,26). The fourth-order valence-electron chi connectivity index (χ4n) is 3.05. The van der Waals surface area contributed by atoms with Crippen LogP contribution < -0.4 is 5.32 Å². The number of hydrogen-bond donors (Lipinski definition) is 1. The van der Waals surface area contributed by atoms with Gasteiger partial charge in [0.25, 0.3) is 17.7 Å². The van der Waals surface area contributed by atoms with Gasteiger partial charge in [-0.3, -0.25) is 19.3 Å². The predicted octanol–water partition coefficient (Wildman–Crippen LogP) is 1.51. The number of benzene rings is 2. The van der Waals surface area contributed by atoms with Crippen molar-refractivity contribution in [3.05, 3.63) is 71.8 Å². The van der Waals surface area contributed by atoms with Crippen LogP contribution in [-0.4, -0.2) is 68.6 Å². The highest BCUT2D eigenvalue weighted by atomic mass is 32.2. The molecule has 3 rings (SSSR count). The number of sulfonamides is 1. The van der Waals surface area contributed by atoms with Gasteiger partial charge in [0.1, 0.15) is 0 Å². The van der Waals surface area contributed by atoms with Crippen LogP contribution in [0, 0.1) is 0 Å². The van der Waals surface area contributed by atoms with E-state index in [9.17, 15) is 27.6 Å². The molecule has 0 unspecified atom stereocenters. The molecule has 0 radical (unpaired) electrons. The second-order valence-corrected chi connectivity index (χ2v) is 9.36. The molecule has 0 aromatic heterocycles. The Hall–Kier alpha value is -3.83. The van der Waals surface area contributed by atoms with E-state index >= 15 is 0 Å². The Morgan fingerprint density at radius 3 is 2.30 bits per heavy atom. The van der Waals surface area contributed by atoms with Crippen LogP contribution in [0.15, 0.2) is 60.0 Å². The van der Waals surface area contributed by atoms with Crippen LogP contribution in [-0.2, 0) is 19.6 Å². The number of imide groups is 1. The Labute approximate surface area is 190 Å². The highest BCUT2D eigenvalue weighted by molar-refractivity contribution is 7.89. The van der Waals surface area contributed by atoms with E-state index in [1.807, 2.05) is 0 Å². The summed E-state index contributed by atoms with van der Waals surface area (Å²) < 4.78 is 30.2. The molecule has 10 nitrogen and oxygen atoms in total. The second kappa shape index (κ2) is 9.35. The first-order valence-corrected chi connectivity index (χ1v) is 11.1. The number of anilines is 1. The number of nitrogens with one attached hydrogen (secondary N) is 1. The molecular formula is C22H21N3O7S. The molecule has 33 heavy (non-hydrogen) atoms. The zero-order valence-corrected chi connectivity index (χ0v) is 18.7. The zero-order valence-electron chi connectivity index (χ0n) is 17.9.